The molecule has 1 saturated carbocycles. The summed E-state index contributed by atoms with van der Waals surface area (Å²) in [4.78, 5) is 9.95. The lowest BCUT2D eigenvalue weighted by Crippen LogP contribution is -2.00. The van der Waals surface area contributed by atoms with Gasteiger partial charge in [-0.15, -0.1) is 0 Å². The molecule has 1 fully saturated rings. The Morgan fingerprint density at radius 1 is 1.25 bits per heavy atom. The van der Waals surface area contributed by atoms with E-state index >= 15 is 0 Å². The van der Waals surface area contributed by atoms with Gasteiger partial charge in [0, 0.05) is 0 Å². The second-order valence-corrected chi connectivity index (χ2v) is 4.12. The van der Waals surface area contributed by atoms with E-state index in [-0.39, 0.29) is 0 Å². The van der Waals surface area contributed by atoms with Crippen molar-refractivity contribution in [1.82, 2.24) is 0 Å². The zero-order chi connectivity index (χ0) is 8.81. The molecular formula is C10H19NO. The summed E-state index contributed by atoms with van der Waals surface area (Å²) < 4.78 is 0. The molecule has 0 radical (unpaired) electrons. The Bertz CT molecular complexity index is 136. The van der Waals surface area contributed by atoms with Gasteiger partial charge in [0.25, 0.3) is 0 Å². The third-order valence-electron chi connectivity index (χ3n) is 3.01. The van der Waals surface area contributed by atoms with E-state index < -0.39 is 0 Å². The normalized spacial score (nSPS) is 31.1. The molecular weight excluding hydrogens is 150 g/mol. The van der Waals surface area contributed by atoms with E-state index in [2.05, 4.69) is 12.1 Å². The number of hydrogen-bond donors (Lipinski definition) is 0. The number of nitroso groups, excluding NO2 is 1. The van der Waals surface area contributed by atoms with Crippen molar-refractivity contribution < 1.29 is 0 Å². The van der Waals surface area contributed by atoms with Crippen molar-refractivity contribution in [3.05, 3.63) is 4.91 Å². The van der Waals surface area contributed by atoms with E-state index in [9.17, 15) is 4.91 Å². The van der Waals surface area contributed by atoms with Gasteiger partial charge in [0.2, 0.25) is 0 Å². The number of hydrogen-bond acceptors (Lipinski definition) is 2. The van der Waals surface area contributed by atoms with E-state index in [1.54, 1.807) is 0 Å². The lowest BCUT2D eigenvalue weighted by molar-refractivity contribution is 0.424. The highest BCUT2D eigenvalue weighted by Crippen LogP contribution is 2.28. The molecule has 2 nitrogen and oxygen atoms in total. The fourth-order valence-electron chi connectivity index (χ4n) is 2.09. The van der Waals surface area contributed by atoms with Gasteiger partial charge >= 0.3 is 0 Å². The highest BCUT2D eigenvalue weighted by atomic mass is 16.3. The first kappa shape index (κ1) is 9.69. The first-order valence-electron chi connectivity index (χ1n) is 5.12. The number of nitrogens with zero attached hydrogens (tertiary/aromatic N) is 1. The molecule has 2 heteroatoms. The van der Waals surface area contributed by atoms with E-state index in [0.717, 1.165) is 18.3 Å². The summed E-state index contributed by atoms with van der Waals surface area (Å²) in [6.07, 6.45) is 7.74. The molecule has 1 aliphatic rings. The summed E-state index contributed by atoms with van der Waals surface area (Å²) in [5.41, 5.74) is 0. The summed E-state index contributed by atoms with van der Waals surface area (Å²) in [5, 5.41) is 2.93. The zero-order valence-corrected chi connectivity index (χ0v) is 7.96. The molecule has 0 aromatic carbocycles. The fourth-order valence-corrected chi connectivity index (χ4v) is 2.09. The van der Waals surface area contributed by atoms with Gasteiger partial charge in [0.1, 0.15) is 0 Å². The fraction of sp³-hybridized carbons (Fsp3) is 1.00. The largest absolute Gasteiger partial charge is 0.151 e. The average molecular weight is 169 g/mol. The summed E-state index contributed by atoms with van der Waals surface area (Å²) in [6.45, 7) is 2.86. The molecule has 0 saturated heterocycles. The van der Waals surface area contributed by atoms with Crippen LogP contribution in [0.3, 0.4) is 0 Å². The Morgan fingerprint density at radius 3 is 2.83 bits per heavy atom. The van der Waals surface area contributed by atoms with Crippen LogP contribution in [0, 0.1) is 16.7 Å². The SMILES string of the molecule is C[C@H]1CCC[C@H](CCN=O)CC1. The lowest BCUT2D eigenvalue weighted by atomic mass is 9.96. The van der Waals surface area contributed by atoms with Gasteiger partial charge in [0.05, 0.1) is 6.54 Å². The highest BCUT2D eigenvalue weighted by molar-refractivity contribution is 4.68. The van der Waals surface area contributed by atoms with Crippen LogP contribution in [0.4, 0.5) is 0 Å². The van der Waals surface area contributed by atoms with Crippen molar-refractivity contribution in [3.8, 4) is 0 Å². The van der Waals surface area contributed by atoms with Crippen molar-refractivity contribution in [2.75, 3.05) is 6.54 Å². The molecule has 0 aromatic rings. The summed E-state index contributed by atoms with van der Waals surface area (Å²) >= 11 is 0. The van der Waals surface area contributed by atoms with E-state index in [1.165, 1.54) is 32.1 Å². The Balaban J connectivity index is 2.21. The molecule has 0 heterocycles. The molecule has 2 atom stereocenters. The molecule has 0 bridgehead atoms. The first-order valence-corrected chi connectivity index (χ1v) is 5.12. The summed E-state index contributed by atoms with van der Waals surface area (Å²) in [7, 11) is 0. The Labute approximate surface area is 74.7 Å². The van der Waals surface area contributed by atoms with Gasteiger partial charge in [-0.2, -0.15) is 4.91 Å². The molecule has 12 heavy (non-hydrogen) atoms. The van der Waals surface area contributed by atoms with Crippen LogP contribution in [0.5, 0.6) is 0 Å². The first-order chi connectivity index (χ1) is 5.83. The molecule has 1 aliphatic carbocycles. The predicted molar refractivity (Wildman–Crippen MR) is 51.0 cm³/mol. The monoisotopic (exact) mass is 169 g/mol. The Hall–Kier alpha value is -0.400. The van der Waals surface area contributed by atoms with E-state index in [0.29, 0.717) is 6.54 Å². The number of rotatable bonds is 3. The maximum atomic E-state index is 9.95. The average Bonchev–Trinajstić information content (AvgIpc) is 2.27. The smallest absolute Gasteiger partial charge is 0.0813 e. The van der Waals surface area contributed by atoms with Crippen LogP contribution in [0.1, 0.15) is 45.4 Å². The van der Waals surface area contributed by atoms with Crippen LogP contribution in [-0.2, 0) is 0 Å². The molecule has 0 amide bonds. The van der Waals surface area contributed by atoms with Crippen LogP contribution in [0.25, 0.3) is 0 Å². The Kier molecular flexibility index (Phi) is 4.26. The summed E-state index contributed by atoms with van der Waals surface area (Å²) in [5.74, 6) is 1.69. The quantitative estimate of drug-likeness (QED) is 0.470. The third kappa shape index (κ3) is 3.33. The minimum Gasteiger partial charge on any atom is -0.151 e. The van der Waals surface area contributed by atoms with Gasteiger partial charge in [-0.1, -0.05) is 44.2 Å². The van der Waals surface area contributed by atoms with Gasteiger partial charge in [-0.25, -0.2) is 0 Å². The van der Waals surface area contributed by atoms with E-state index in [4.69, 9.17) is 0 Å². The van der Waals surface area contributed by atoms with E-state index in [1.807, 2.05) is 0 Å². The minimum absolute atomic E-state index is 0.527. The molecule has 0 N–H and O–H groups in total. The van der Waals surface area contributed by atoms with Crippen molar-refractivity contribution in [1.29, 1.82) is 0 Å². The lowest BCUT2D eigenvalue weighted by Gasteiger charge is -2.10. The minimum atomic E-state index is 0.527. The van der Waals surface area contributed by atoms with Crippen molar-refractivity contribution in [3.63, 3.8) is 0 Å². The maximum absolute atomic E-state index is 9.95. The summed E-state index contributed by atoms with van der Waals surface area (Å²) in [6, 6.07) is 0. The molecule has 70 valence electrons. The second kappa shape index (κ2) is 5.28. The molecule has 0 unspecified atom stereocenters. The van der Waals surface area contributed by atoms with Gasteiger partial charge in [0.15, 0.2) is 0 Å². The van der Waals surface area contributed by atoms with Crippen molar-refractivity contribution in [2.45, 2.75) is 45.4 Å². The van der Waals surface area contributed by atoms with Crippen LogP contribution < -0.4 is 0 Å². The third-order valence-corrected chi connectivity index (χ3v) is 3.01. The van der Waals surface area contributed by atoms with Crippen LogP contribution in [0.2, 0.25) is 0 Å². The molecule has 0 aromatic heterocycles. The predicted octanol–water partition coefficient (Wildman–Crippen LogP) is 3.36. The van der Waals surface area contributed by atoms with Crippen molar-refractivity contribution >= 4 is 0 Å². The topological polar surface area (TPSA) is 29.4 Å². The Morgan fingerprint density at radius 2 is 2.08 bits per heavy atom. The second-order valence-electron chi connectivity index (χ2n) is 4.12. The molecule has 0 aliphatic heterocycles. The molecule has 1 rings (SSSR count). The zero-order valence-electron chi connectivity index (χ0n) is 7.96. The molecule has 0 spiro atoms. The van der Waals surface area contributed by atoms with Crippen LogP contribution in [0.15, 0.2) is 5.18 Å². The van der Waals surface area contributed by atoms with Gasteiger partial charge < -0.3 is 0 Å². The maximum Gasteiger partial charge on any atom is 0.0813 e. The van der Waals surface area contributed by atoms with Crippen LogP contribution in [-0.4, -0.2) is 6.54 Å². The van der Waals surface area contributed by atoms with Crippen LogP contribution >= 0.6 is 0 Å². The van der Waals surface area contributed by atoms with Gasteiger partial charge in [-0.05, 0) is 18.3 Å². The van der Waals surface area contributed by atoms with Gasteiger partial charge in [-0.3, -0.25) is 0 Å². The highest BCUT2D eigenvalue weighted by Gasteiger charge is 2.15. The standard InChI is InChI=1S/C10H19NO/c1-9-3-2-4-10(6-5-9)7-8-11-12/h9-10H,2-8H2,1H3/t9-,10-/m0/s1. The van der Waals surface area contributed by atoms with Crippen molar-refractivity contribution in [2.24, 2.45) is 17.0 Å².